The van der Waals surface area contributed by atoms with Gasteiger partial charge in [-0.1, -0.05) is 31.5 Å². The van der Waals surface area contributed by atoms with Crippen molar-refractivity contribution in [2.45, 2.75) is 32.1 Å². The van der Waals surface area contributed by atoms with E-state index in [2.05, 4.69) is 0 Å². The van der Waals surface area contributed by atoms with Crippen LogP contribution in [0.5, 0.6) is 0 Å². The molecule has 0 radical (unpaired) electrons. The van der Waals surface area contributed by atoms with E-state index in [0.717, 1.165) is 5.56 Å². The topological polar surface area (TPSA) is 54.4 Å². The second kappa shape index (κ2) is 5.19. The summed E-state index contributed by atoms with van der Waals surface area (Å²) in [6.45, 7) is 5.48. The molecule has 3 nitrogen and oxygen atoms in total. The highest BCUT2D eigenvalue weighted by Gasteiger charge is 2.29. The zero-order chi connectivity index (χ0) is 13.1. The molecule has 17 heavy (non-hydrogen) atoms. The van der Waals surface area contributed by atoms with Gasteiger partial charge in [-0.25, -0.2) is 8.42 Å². The van der Waals surface area contributed by atoms with E-state index in [1.165, 1.54) is 0 Å². The van der Waals surface area contributed by atoms with Crippen molar-refractivity contribution < 1.29 is 13.5 Å². The van der Waals surface area contributed by atoms with Crippen LogP contribution in [0.1, 0.15) is 25.8 Å². The fraction of sp³-hybridized carbons (Fsp3) is 0.538. The lowest BCUT2D eigenvalue weighted by Gasteiger charge is -2.25. The van der Waals surface area contributed by atoms with Crippen LogP contribution in [0.15, 0.2) is 29.2 Å². The summed E-state index contributed by atoms with van der Waals surface area (Å²) in [5.41, 5.74) is 0.466. The van der Waals surface area contributed by atoms with Gasteiger partial charge in [0, 0.05) is 12.0 Å². The van der Waals surface area contributed by atoms with E-state index in [9.17, 15) is 13.5 Å². The maximum atomic E-state index is 12.2. The second-order valence-corrected chi connectivity index (χ2v) is 6.88. The Morgan fingerprint density at radius 3 is 2.18 bits per heavy atom. The first-order valence-electron chi connectivity index (χ1n) is 5.73. The van der Waals surface area contributed by atoms with E-state index < -0.39 is 15.3 Å². The number of sulfone groups is 1. The summed E-state index contributed by atoms with van der Waals surface area (Å²) in [7, 11) is -3.32. The Balaban J connectivity index is 3.00. The Morgan fingerprint density at radius 1 is 1.24 bits per heavy atom. The minimum Gasteiger partial charge on any atom is -0.396 e. The van der Waals surface area contributed by atoms with Gasteiger partial charge in [-0.2, -0.15) is 0 Å². The molecular weight excluding hydrogens is 236 g/mol. The van der Waals surface area contributed by atoms with Crippen LogP contribution in [0.4, 0.5) is 0 Å². The number of hydrogen-bond acceptors (Lipinski definition) is 3. The molecule has 1 aromatic rings. The van der Waals surface area contributed by atoms with Gasteiger partial charge in [0.25, 0.3) is 0 Å². The first-order valence-corrected chi connectivity index (χ1v) is 7.38. The van der Waals surface area contributed by atoms with Crippen LogP contribution in [0.25, 0.3) is 0 Å². The molecule has 1 aromatic carbocycles. The van der Waals surface area contributed by atoms with Crippen molar-refractivity contribution in [3.8, 4) is 0 Å². The van der Waals surface area contributed by atoms with Crippen molar-refractivity contribution in [3.05, 3.63) is 29.8 Å². The predicted molar refractivity (Wildman–Crippen MR) is 68.7 cm³/mol. The van der Waals surface area contributed by atoms with E-state index in [1.807, 2.05) is 13.8 Å². The van der Waals surface area contributed by atoms with Gasteiger partial charge in [0.2, 0.25) is 0 Å². The summed E-state index contributed by atoms with van der Waals surface area (Å²) in [5.74, 6) is -0.0178. The van der Waals surface area contributed by atoms with E-state index in [-0.39, 0.29) is 12.4 Å². The molecule has 1 unspecified atom stereocenters. The molecule has 0 bridgehead atoms. The summed E-state index contributed by atoms with van der Waals surface area (Å²) in [6.07, 6.45) is 0.634. The third kappa shape index (κ3) is 3.54. The molecule has 0 fully saturated rings. The minimum atomic E-state index is -3.32. The highest BCUT2D eigenvalue weighted by atomic mass is 32.2. The molecule has 96 valence electrons. The normalized spacial score (nSPS) is 15.5. The van der Waals surface area contributed by atoms with Gasteiger partial charge >= 0.3 is 0 Å². The maximum Gasteiger partial charge on any atom is 0.178 e. The standard InChI is InChI=1S/C13H20O3S/c1-4-13(3,9-14)10-17(15,16)12-7-5-11(2)6-8-12/h5-8,14H,4,9-10H2,1-3H3. The summed E-state index contributed by atoms with van der Waals surface area (Å²) >= 11 is 0. The summed E-state index contributed by atoms with van der Waals surface area (Å²) in [6, 6.07) is 6.82. The van der Waals surface area contributed by atoms with Crippen molar-refractivity contribution >= 4 is 9.84 Å². The van der Waals surface area contributed by atoms with Gasteiger partial charge in [-0.05, 0) is 25.5 Å². The number of aliphatic hydroxyl groups excluding tert-OH is 1. The molecule has 1 N–H and O–H groups in total. The molecule has 0 spiro atoms. The largest absolute Gasteiger partial charge is 0.396 e. The Bertz CT molecular complexity index is 456. The van der Waals surface area contributed by atoms with Crippen LogP contribution >= 0.6 is 0 Å². The molecule has 0 amide bonds. The van der Waals surface area contributed by atoms with Crippen LogP contribution < -0.4 is 0 Å². The van der Waals surface area contributed by atoms with E-state index in [0.29, 0.717) is 11.3 Å². The van der Waals surface area contributed by atoms with Gasteiger partial charge < -0.3 is 5.11 Å². The quantitative estimate of drug-likeness (QED) is 0.878. The van der Waals surface area contributed by atoms with Crippen molar-refractivity contribution in [2.24, 2.45) is 5.41 Å². The molecule has 0 saturated carbocycles. The van der Waals surface area contributed by atoms with E-state index >= 15 is 0 Å². The summed E-state index contributed by atoms with van der Waals surface area (Å²) < 4.78 is 24.3. The first kappa shape index (κ1) is 14.2. The van der Waals surface area contributed by atoms with Gasteiger partial charge in [0.1, 0.15) is 0 Å². The molecule has 1 rings (SSSR count). The van der Waals surface area contributed by atoms with Crippen LogP contribution in [0.2, 0.25) is 0 Å². The number of hydrogen-bond donors (Lipinski definition) is 1. The smallest absolute Gasteiger partial charge is 0.178 e. The fourth-order valence-corrected chi connectivity index (χ4v) is 3.48. The second-order valence-electron chi connectivity index (χ2n) is 4.89. The highest BCUT2D eigenvalue weighted by Crippen LogP contribution is 2.26. The third-order valence-electron chi connectivity index (χ3n) is 3.15. The van der Waals surface area contributed by atoms with Crippen molar-refractivity contribution in [3.63, 3.8) is 0 Å². The third-order valence-corrected chi connectivity index (χ3v) is 5.22. The molecule has 0 saturated heterocycles. The maximum absolute atomic E-state index is 12.2. The van der Waals surface area contributed by atoms with Gasteiger partial charge in [-0.15, -0.1) is 0 Å². The molecule has 0 heterocycles. The Labute approximate surface area is 103 Å². The fourth-order valence-electron chi connectivity index (χ4n) is 1.55. The van der Waals surface area contributed by atoms with Crippen LogP contribution in [0, 0.1) is 12.3 Å². The van der Waals surface area contributed by atoms with E-state index in [4.69, 9.17) is 0 Å². The molecular formula is C13H20O3S. The Kier molecular flexibility index (Phi) is 4.33. The average molecular weight is 256 g/mol. The predicted octanol–water partition coefficient (Wildman–Crippen LogP) is 2.18. The van der Waals surface area contributed by atoms with Crippen molar-refractivity contribution in [2.75, 3.05) is 12.4 Å². The van der Waals surface area contributed by atoms with Crippen LogP contribution in [0.3, 0.4) is 0 Å². The van der Waals surface area contributed by atoms with Crippen molar-refractivity contribution in [1.82, 2.24) is 0 Å². The molecule has 0 aliphatic carbocycles. The number of rotatable bonds is 5. The SMILES string of the molecule is CCC(C)(CO)CS(=O)(=O)c1ccc(C)cc1. The van der Waals surface area contributed by atoms with E-state index in [1.54, 1.807) is 31.2 Å². The highest BCUT2D eigenvalue weighted by molar-refractivity contribution is 7.91. The number of aliphatic hydroxyl groups is 1. The Morgan fingerprint density at radius 2 is 1.76 bits per heavy atom. The lowest BCUT2D eigenvalue weighted by atomic mass is 9.91. The lowest BCUT2D eigenvalue weighted by molar-refractivity contribution is 0.158. The zero-order valence-corrected chi connectivity index (χ0v) is 11.4. The molecule has 0 aliphatic heterocycles. The monoisotopic (exact) mass is 256 g/mol. The number of aryl methyl sites for hydroxylation is 1. The molecule has 1 atom stereocenters. The number of benzene rings is 1. The zero-order valence-electron chi connectivity index (χ0n) is 10.6. The Hall–Kier alpha value is -0.870. The average Bonchev–Trinajstić information content (AvgIpc) is 2.29. The van der Waals surface area contributed by atoms with Gasteiger partial charge in [0.05, 0.1) is 10.6 Å². The minimum absolute atomic E-state index is 0.0178. The molecule has 0 aromatic heterocycles. The van der Waals surface area contributed by atoms with Gasteiger partial charge in [-0.3, -0.25) is 0 Å². The van der Waals surface area contributed by atoms with Crippen molar-refractivity contribution in [1.29, 1.82) is 0 Å². The summed E-state index contributed by atoms with van der Waals surface area (Å²) in [4.78, 5) is 0.330. The molecule has 4 heteroatoms. The van der Waals surface area contributed by atoms with Gasteiger partial charge in [0.15, 0.2) is 9.84 Å². The van der Waals surface area contributed by atoms with Crippen LogP contribution in [-0.2, 0) is 9.84 Å². The molecule has 0 aliphatic rings. The summed E-state index contributed by atoms with van der Waals surface area (Å²) in [5, 5.41) is 9.28. The lowest BCUT2D eigenvalue weighted by Crippen LogP contribution is -2.30. The first-order chi connectivity index (χ1) is 7.83. The van der Waals surface area contributed by atoms with Crippen LogP contribution in [-0.4, -0.2) is 25.9 Å².